The molecule has 0 radical (unpaired) electrons. The molecule has 2 aromatic carbocycles. The quantitative estimate of drug-likeness (QED) is 0.731. The van der Waals surface area contributed by atoms with Crippen LogP contribution in [0.3, 0.4) is 0 Å². The van der Waals surface area contributed by atoms with Gasteiger partial charge in [0.15, 0.2) is 0 Å². The Bertz CT molecular complexity index is 685. The van der Waals surface area contributed by atoms with E-state index in [1.807, 2.05) is 12.1 Å². The first-order chi connectivity index (χ1) is 11.4. The Morgan fingerprint density at radius 3 is 2.42 bits per heavy atom. The fourth-order valence-corrected chi connectivity index (χ4v) is 4.68. The molecular weight excluding hydrogens is 313 g/mol. The number of phenols is 1. The highest BCUT2D eigenvalue weighted by molar-refractivity contribution is 7.48. The van der Waals surface area contributed by atoms with Gasteiger partial charge in [-0.1, -0.05) is 65.8 Å². The maximum atomic E-state index is 10.4. The van der Waals surface area contributed by atoms with E-state index in [1.54, 1.807) is 6.07 Å². The molecule has 2 nitrogen and oxygen atoms in total. The van der Waals surface area contributed by atoms with E-state index >= 15 is 0 Å². The molecule has 0 aliphatic carbocycles. The van der Waals surface area contributed by atoms with E-state index in [-0.39, 0.29) is 5.16 Å². The Kier molecular flexibility index (Phi) is 6.43. The van der Waals surface area contributed by atoms with Crippen LogP contribution in [0.1, 0.15) is 43.9 Å². The molecular formula is C21H30NOP. The maximum absolute atomic E-state index is 10.4. The van der Waals surface area contributed by atoms with Crippen molar-refractivity contribution >= 4 is 13.9 Å². The zero-order valence-electron chi connectivity index (χ0n) is 15.6. The van der Waals surface area contributed by atoms with E-state index < -0.39 is 0 Å². The second kappa shape index (κ2) is 8.14. The number of rotatable bonds is 7. The Morgan fingerprint density at radius 2 is 1.79 bits per heavy atom. The van der Waals surface area contributed by atoms with Crippen molar-refractivity contribution in [3.8, 4) is 5.75 Å². The van der Waals surface area contributed by atoms with Gasteiger partial charge in [0.25, 0.3) is 0 Å². The summed E-state index contributed by atoms with van der Waals surface area (Å²) in [7, 11) is 2.80. The number of hydrogen-bond donors (Lipinski definition) is 1. The van der Waals surface area contributed by atoms with Crippen molar-refractivity contribution in [1.29, 1.82) is 0 Å². The smallest absolute Gasteiger partial charge is 0.119 e. The number of para-hydroxylation sites is 1. The van der Waals surface area contributed by atoms with Crippen molar-refractivity contribution < 1.29 is 5.11 Å². The van der Waals surface area contributed by atoms with Crippen molar-refractivity contribution in [3.05, 3.63) is 59.2 Å². The molecule has 0 saturated carbocycles. The van der Waals surface area contributed by atoms with Gasteiger partial charge in [-0.05, 0) is 49.4 Å². The fraction of sp³-hybridized carbons (Fsp3) is 0.429. The second-order valence-corrected chi connectivity index (χ2v) is 8.62. The Morgan fingerprint density at radius 1 is 1.08 bits per heavy atom. The van der Waals surface area contributed by atoms with Crippen LogP contribution in [-0.2, 0) is 11.7 Å². The summed E-state index contributed by atoms with van der Waals surface area (Å²) in [6, 6.07) is 14.4. The zero-order valence-corrected chi connectivity index (χ0v) is 16.6. The summed E-state index contributed by atoms with van der Waals surface area (Å²) in [4.78, 5) is 2.34. The van der Waals surface area contributed by atoms with Gasteiger partial charge in [0.2, 0.25) is 0 Å². The van der Waals surface area contributed by atoms with Crippen molar-refractivity contribution in [2.45, 2.75) is 45.8 Å². The van der Waals surface area contributed by atoms with Crippen molar-refractivity contribution in [1.82, 2.24) is 4.90 Å². The molecule has 130 valence electrons. The van der Waals surface area contributed by atoms with Gasteiger partial charge in [-0.15, -0.1) is 0 Å². The lowest BCUT2D eigenvalue weighted by atomic mass is 9.96. The predicted molar refractivity (Wildman–Crippen MR) is 107 cm³/mol. The Labute approximate surface area is 148 Å². The van der Waals surface area contributed by atoms with Gasteiger partial charge in [0.1, 0.15) is 5.75 Å². The average molecular weight is 343 g/mol. The minimum atomic E-state index is -0.0447. The molecule has 0 aromatic heterocycles. The van der Waals surface area contributed by atoms with Crippen LogP contribution >= 0.6 is 8.58 Å². The highest BCUT2D eigenvalue weighted by atomic mass is 31.1. The van der Waals surface area contributed by atoms with E-state index in [9.17, 15) is 5.11 Å². The monoisotopic (exact) mass is 343 g/mol. The molecule has 2 unspecified atom stereocenters. The summed E-state index contributed by atoms with van der Waals surface area (Å²) in [6.07, 6.45) is 1.00. The van der Waals surface area contributed by atoms with Crippen LogP contribution in [0.4, 0.5) is 0 Å². The standard InChI is InChI=1S/C21H30NOP/c1-6-21(4,18-13-8-9-14-19(18)23)24-20-16(3)11-10-12-17(20)15-22(5)7-2/h8-14,23-24H,6-7,15H2,1-5H3. The molecule has 0 aliphatic heterocycles. The summed E-state index contributed by atoms with van der Waals surface area (Å²) in [6.45, 7) is 10.9. The molecule has 24 heavy (non-hydrogen) atoms. The van der Waals surface area contributed by atoms with Crippen LogP contribution in [0.5, 0.6) is 5.75 Å². The summed E-state index contributed by atoms with van der Waals surface area (Å²) < 4.78 is 0. The second-order valence-electron chi connectivity index (χ2n) is 6.77. The minimum absolute atomic E-state index is 0.0447. The van der Waals surface area contributed by atoms with Crippen LogP contribution in [0, 0.1) is 6.92 Å². The molecule has 2 rings (SSSR count). The molecule has 2 atom stereocenters. The lowest BCUT2D eigenvalue weighted by Gasteiger charge is -2.32. The third kappa shape index (κ3) is 4.18. The van der Waals surface area contributed by atoms with Gasteiger partial charge in [0.05, 0.1) is 0 Å². The van der Waals surface area contributed by atoms with E-state index in [2.05, 4.69) is 63.9 Å². The van der Waals surface area contributed by atoms with E-state index in [4.69, 9.17) is 0 Å². The van der Waals surface area contributed by atoms with Gasteiger partial charge < -0.3 is 10.0 Å². The first kappa shape index (κ1) is 19.0. The third-order valence-corrected chi connectivity index (χ3v) is 7.09. The molecule has 0 aliphatic rings. The molecule has 0 spiro atoms. The van der Waals surface area contributed by atoms with E-state index in [1.165, 1.54) is 16.4 Å². The van der Waals surface area contributed by atoms with Crippen molar-refractivity contribution in [2.24, 2.45) is 0 Å². The number of benzene rings is 2. The summed E-state index contributed by atoms with van der Waals surface area (Å²) in [5.74, 6) is 0.412. The van der Waals surface area contributed by atoms with Crippen molar-refractivity contribution in [2.75, 3.05) is 13.6 Å². The Hall–Kier alpha value is -1.37. The normalized spacial score (nSPS) is 14.4. The summed E-state index contributed by atoms with van der Waals surface area (Å²) >= 11 is 0. The first-order valence-corrected chi connectivity index (χ1v) is 9.75. The highest BCUT2D eigenvalue weighted by Gasteiger charge is 2.29. The van der Waals surface area contributed by atoms with Crippen LogP contribution < -0.4 is 5.30 Å². The number of aryl methyl sites for hydroxylation is 1. The van der Waals surface area contributed by atoms with Crippen LogP contribution in [0.15, 0.2) is 42.5 Å². The van der Waals surface area contributed by atoms with E-state index in [0.717, 1.165) is 25.1 Å². The number of nitrogens with zero attached hydrogens (tertiary/aromatic N) is 1. The fourth-order valence-electron chi connectivity index (χ4n) is 3.00. The third-order valence-electron chi connectivity index (χ3n) is 4.95. The highest BCUT2D eigenvalue weighted by Crippen LogP contribution is 2.47. The molecule has 0 heterocycles. The van der Waals surface area contributed by atoms with Gasteiger partial charge in [-0.25, -0.2) is 0 Å². The molecule has 0 amide bonds. The lowest BCUT2D eigenvalue weighted by molar-refractivity contribution is 0.346. The number of phenolic OH excluding ortho intramolecular Hbond substituents is 1. The van der Waals surface area contributed by atoms with Gasteiger partial charge in [0, 0.05) is 17.3 Å². The lowest BCUT2D eigenvalue weighted by Crippen LogP contribution is -2.25. The maximum Gasteiger partial charge on any atom is 0.119 e. The van der Waals surface area contributed by atoms with Crippen LogP contribution in [0.25, 0.3) is 0 Å². The SMILES string of the molecule is CCN(C)Cc1cccc(C)c1PC(C)(CC)c1ccccc1O. The first-order valence-electron chi connectivity index (χ1n) is 8.75. The molecule has 2 aromatic rings. The molecule has 0 saturated heterocycles. The van der Waals surface area contributed by atoms with Gasteiger partial charge in [-0.3, -0.25) is 0 Å². The predicted octanol–water partition coefficient (Wildman–Crippen LogP) is 4.78. The van der Waals surface area contributed by atoms with Gasteiger partial charge in [-0.2, -0.15) is 0 Å². The summed E-state index contributed by atoms with van der Waals surface area (Å²) in [5.41, 5.74) is 3.82. The Balaban J connectivity index is 2.43. The van der Waals surface area contributed by atoms with Gasteiger partial charge >= 0.3 is 0 Å². The largest absolute Gasteiger partial charge is 0.508 e. The topological polar surface area (TPSA) is 23.5 Å². The minimum Gasteiger partial charge on any atom is -0.508 e. The average Bonchev–Trinajstić information content (AvgIpc) is 2.58. The van der Waals surface area contributed by atoms with Crippen LogP contribution in [-0.4, -0.2) is 23.6 Å². The number of aromatic hydroxyl groups is 1. The van der Waals surface area contributed by atoms with E-state index in [0.29, 0.717) is 14.3 Å². The molecule has 3 heteroatoms. The molecule has 0 bridgehead atoms. The number of hydrogen-bond acceptors (Lipinski definition) is 2. The molecule has 0 fully saturated rings. The zero-order chi connectivity index (χ0) is 17.7. The van der Waals surface area contributed by atoms with Crippen LogP contribution in [0.2, 0.25) is 0 Å². The van der Waals surface area contributed by atoms with Crippen molar-refractivity contribution in [3.63, 3.8) is 0 Å². The molecule has 1 N–H and O–H groups in total. The summed E-state index contributed by atoms with van der Waals surface area (Å²) in [5, 5.41) is 11.8.